The number of aromatic nitrogens is 3. The minimum Gasteiger partial charge on any atom is -0.343 e. The van der Waals surface area contributed by atoms with Gasteiger partial charge < -0.3 is 4.90 Å². The average Bonchev–Trinajstić information content (AvgIpc) is 1.15. The maximum atomic E-state index is 13.1. The number of hydrogen-bond acceptors (Lipinski definition) is 10. The zero-order valence-corrected chi connectivity index (χ0v) is 57.6. The second-order valence-corrected chi connectivity index (χ2v) is 21.8. The third-order valence-electron chi connectivity index (χ3n) is 13.4. The lowest BCUT2D eigenvalue weighted by Crippen LogP contribution is -2.35. The monoisotopic (exact) mass is 1540 g/mol. The van der Waals surface area contributed by atoms with Crippen molar-refractivity contribution in [2.24, 2.45) is 5.92 Å². The van der Waals surface area contributed by atoms with Crippen molar-refractivity contribution in [1.29, 1.82) is 0 Å². The number of nitro benzene ring substituents is 2. The number of fused-ring (bicyclic) bond motifs is 1. The van der Waals surface area contributed by atoms with Crippen molar-refractivity contribution in [3.05, 3.63) is 180 Å². The van der Waals surface area contributed by atoms with E-state index in [0.717, 1.165) is 69.3 Å². The number of imide groups is 1. The van der Waals surface area contributed by atoms with Crippen molar-refractivity contribution in [3.8, 4) is 0 Å². The van der Waals surface area contributed by atoms with Crippen molar-refractivity contribution in [2.75, 3.05) is 19.6 Å². The van der Waals surface area contributed by atoms with Crippen LogP contribution in [0.4, 0.5) is 68.5 Å². The van der Waals surface area contributed by atoms with Crippen LogP contribution < -0.4 is 5.56 Å². The summed E-state index contributed by atoms with van der Waals surface area (Å²) >= 11 is 29.3. The highest BCUT2D eigenvalue weighted by Crippen LogP contribution is 2.44. The van der Waals surface area contributed by atoms with E-state index in [9.17, 15) is 96.5 Å². The van der Waals surface area contributed by atoms with Crippen LogP contribution in [0.2, 0.25) is 25.1 Å². The number of alkyl halides is 9. The number of hydrogen-bond donors (Lipinski definition) is 0. The van der Waals surface area contributed by atoms with Gasteiger partial charge in [-0.2, -0.15) is 39.5 Å². The van der Waals surface area contributed by atoms with Crippen LogP contribution in [0.3, 0.4) is 0 Å². The summed E-state index contributed by atoms with van der Waals surface area (Å²) in [6.07, 6.45) is -10.7. The zero-order valence-electron chi connectivity index (χ0n) is 53.8. The number of amides is 3. The van der Waals surface area contributed by atoms with Gasteiger partial charge >= 0.3 is 18.5 Å². The summed E-state index contributed by atoms with van der Waals surface area (Å²) in [6, 6.07) is 20.5. The van der Waals surface area contributed by atoms with Gasteiger partial charge in [-0.1, -0.05) is 171 Å². The molecule has 0 radical (unpaired) electrons. The Morgan fingerprint density at radius 2 is 1.01 bits per heavy atom. The van der Waals surface area contributed by atoms with Gasteiger partial charge in [0.25, 0.3) is 16.9 Å². The molecule has 2 saturated heterocycles. The third-order valence-corrected chi connectivity index (χ3v) is 15.7. The molecule has 0 N–H and O–H groups in total. The molecule has 5 aromatic carbocycles. The molecule has 3 amide bonds. The SMILES string of the molecule is C.C.C.C.CCC(C(F)(F)F)C(F)(F)F.CCCC(F)(F)F.CCN1C(=O)CCC1=O.CCN1CCCC1=O.CCc1c(Cl)c(Cl)c(Cl)c(Cl)c1Cl.CCc1c(F)c(C)c(F)c(F)c1F.CCc1ccc([N+](=O)[O-])cc1.CCc1cccc([N+](=O)[O-])c1.CCn1nnc2ccccc2c1=O. The quantitative estimate of drug-likeness (QED) is 0.0301. The van der Waals surface area contributed by atoms with E-state index in [1.165, 1.54) is 41.6 Å². The first-order chi connectivity index (χ1) is 44.7. The van der Waals surface area contributed by atoms with E-state index in [2.05, 4.69) is 10.3 Å². The summed E-state index contributed by atoms with van der Waals surface area (Å²) in [4.78, 5) is 66.7. The molecule has 566 valence electrons. The molecular formula is C67H89Cl5F13N7O8. The van der Waals surface area contributed by atoms with Crippen LogP contribution in [0, 0.1) is 56.3 Å². The van der Waals surface area contributed by atoms with Gasteiger partial charge in [-0.25, -0.2) is 22.2 Å². The number of nitro groups is 2. The predicted molar refractivity (Wildman–Crippen MR) is 373 cm³/mol. The highest BCUT2D eigenvalue weighted by atomic mass is 35.5. The Labute approximate surface area is 600 Å². The van der Waals surface area contributed by atoms with Crippen LogP contribution in [0.5, 0.6) is 0 Å². The fourth-order valence-corrected chi connectivity index (χ4v) is 9.45. The Morgan fingerprint density at radius 1 is 0.530 bits per heavy atom. The van der Waals surface area contributed by atoms with Crippen LogP contribution in [0.1, 0.15) is 165 Å². The molecule has 6 aromatic rings. The van der Waals surface area contributed by atoms with Gasteiger partial charge in [-0.3, -0.25) is 44.3 Å². The molecule has 0 unspecified atom stereocenters. The number of nitrogens with zero attached hydrogens (tertiary/aromatic N) is 7. The molecular weight excluding hydrogens is 1460 g/mol. The molecule has 0 bridgehead atoms. The van der Waals surface area contributed by atoms with Gasteiger partial charge in [0.15, 0.2) is 17.5 Å². The molecule has 100 heavy (non-hydrogen) atoms. The number of non-ortho nitro benzene ring substituents is 2. The molecule has 2 aliphatic rings. The van der Waals surface area contributed by atoms with Gasteiger partial charge in [-0.15, -0.1) is 5.10 Å². The topological polar surface area (TPSA) is 192 Å². The maximum Gasteiger partial charge on any atom is 0.400 e. The number of rotatable bonds is 11. The highest BCUT2D eigenvalue weighted by Gasteiger charge is 2.55. The molecule has 0 aliphatic carbocycles. The predicted octanol–water partition coefficient (Wildman–Crippen LogP) is 22.6. The molecule has 2 fully saturated rings. The van der Waals surface area contributed by atoms with Gasteiger partial charge in [0.1, 0.15) is 17.3 Å². The number of aryl methyl sites for hydroxylation is 3. The summed E-state index contributed by atoms with van der Waals surface area (Å²) in [6.45, 7) is 19.4. The zero-order chi connectivity index (χ0) is 74.2. The standard InChI is InChI=1S/C9H8F4.C9H9N3O.C8H5Cl5.2C8H9NO2.C6H9NO2.C6H11NO.C5H6F6.C4H7F3.4CH4/c1-3-5-6(10)4(2)7(11)9(13)8(5)12;1-2-12-9(13)7-5-3-4-6-8(7)10-11-12;1-2-3-4(9)6(11)8(13)7(12)5(3)10;1-2-7-3-5-8(6-4-7)9(10)11;1-2-7-4-3-5-8(6-7)9(10)11;1-2-7-5(8)3-4-6(7)9;1-2-7-5-3-4-6(7)8;1-2-3(4(6,7)8)5(9,10)11;1-2-3-4(5,6)7;;;;/h3H2,1-2H3;3-6H,2H2,1H3;2H2,1H3;2*3-6H,2H2,1H3;2-4H2,1H3;2-5H2,1H3;3H,2H2,1H3;2-3H2,1H3;4*1H4. The molecule has 3 heterocycles. The average molecular weight is 1540 g/mol. The van der Waals surface area contributed by atoms with Crippen LogP contribution >= 0.6 is 58.0 Å². The van der Waals surface area contributed by atoms with E-state index in [1.807, 2.05) is 57.7 Å². The summed E-state index contributed by atoms with van der Waals surface area (Å²) in [5.74, 6) is -8.39. The van der Waals surface area contributed by atoms with Gasteiger partial charge in [-0.05, 0) is 101 Å². The van der Waals surface area contributed by atoms with E-state index in [0.29, 0.717) is 59.2 Å². The minimum atomic E-state index is -5.17. The van der Waals surface area contributed by atoms with Crippen molar-refractivity contribution in [3.63, 3.8) is 0 Å². The van der Waals surface area contributed by atoms with Gasteiger partial charge in [0, 0.05) is 87.3 Å². The number of likely N-dealkylation sites (tertiary alicyclic amines) is 2. The number of carbonyl (C=O) groups excluding carboxylic acids is 3. The Hall–Kier alpha value is -6.88. The third kappa shape index (κ3) is 33.7. The molecule has 0 spiro atoms. The number of halogens is 18. The second kappa shape index (κ2) is 49.6. The summed E-state index contributed by atoms with van der Waals surface area (Å²) in [5, 5.41) is 30.3. The minimum absolute atomic E-state index is 0. The molecule has 0 atom stereocenters. The highest BCUT2D eigenvalue weighted by molar-refractivity contribution is 6.55. The maximum absolute atomic E-state index is 13.1. The van der Waals surface area contributed by atoms with Crippen molar-refractivity contribution in [1.82, 2.24) is 24.8 Å². The molecule has 1 aromatic heterocycles. The van der Waals surface area contributed by atoms with Crippen LogP contribution in [0.25, 0.3) is 10.9 Å². The van der Waals surface area contributed by atoms with E-state index >= 15 is 0 Å². The lowest BCUT2D eigenvalue weighted by molar-refractivity contribution is -0.385. The Bertz CT molecular complexity index is 3390. The molecule has 2 aliphatic heterocycles. The van der Waals surface area contributed by atoms with Gasteiger partial charge in [0.2, 0.25) is 17.7 Å². The van der Waals surface area contributed by atoms with Crippen LogP contribution in [-0.4, -0.2) is 90.5 Å². The Kier molecular flexibility index (Phi) is 50.5. The van der Waals surface area contributed by atoms with E-state index in [4.69, 9.17) is 58.0 Å². The number of carbonyl (C=O) groups is 3. The molecule has 8 rings (SSSR count). The first-order valence-electron chi connectivity index (χ1n) is 29.6. The summed E-state index contributed by atoms with van der Waals surface area (Å²) < 4.78 is 155. The smallest absolute Gasteiger partial charge is 0.343 e. The Balaban J connectivity index is -0.000000339. The normalized spacial score (nSPS) is 12.0. The van der Waals surface area contributed by atoms with Crippen molar-refractivity contribution in [2.45, 2.75) is 195 Å². The van der Waals surface area contributed by atoms with Crippen molar-refractivity contribution >= 4 is 98.0 Å². The second-order valence-electron chi connectivity index (χ2n) is 19.9. The molecule has 33 heteroatoms. The summed E-state index contributed by atoms with van der Waals surface area (Å²) in [7, 11) is 0. The van der Waals surface area contributed by atoms with Crippen LogP contribution in [0.15, 0.2) is 77.6 Å². The number of benzene rings is 5. The lowest BCUT2D eigenvalue weighted by Gasteiger charge is -2.20. The van der Waals surface area contributed by atoms with E-state index in [-0.39, 0.29) is 96.2 Å². The largest absolute Gasteiger partial charge is 0.400 e. The van der Waals surface area contributed by atoms with E-state index in [1.54, 1.807) is 43.3 Å². The first kappa shape index (κ1) is 102. The fourth-order valence-electron chi connectivity index (χ4n) is 8.00. The van der Waals surface area contributed by atoms with Gasteiger partial charge in [0.05, 0.1) is 40.3 Å². The molecule has 15 nitrogen and oxygen atoms in total. The fraction of sp³-hybridized carbons (Fsp3) is 0.493. The van der Waals surface area contributed by atoms with Crippen LogP contribution in [-0.2, 0) is 46.6 Å². The molecule has 0 saturated carbocycles. The van der Waals surface area contributed by atoms with E-state index < -0.39 is 71.7 Å². The lowest BCUT2D eigenvalue weighted by atomic mass is 10.1. The Morgan fingerprint density at radius 3 is 1.35 bits per heavy atom. The first-order valence-corrected chi connectivity index (χ1v) is 31.5. The van der Waals surface area contributed by atoms with Crippen molar-refractivity contribution < 1.29 is 81.3 Å². The summed E-state index contributed by atoms with van der Waals surface area (Å²) in [5.41, 5.74) is 2.86.